The molecule has 0 heterocycles. The molecule has 0 spiro atoms. The number of rotatable bonds is 6. The van der Waals surface area contributed by atoms with Crippen LogP contribution in [0.5, 0.6) is 5.75 Å². The number of carbonyl (C=O) groups is 1. The van der Waals surface area contributed by atoms with Crippen LogP contribution in [0.15, 0.2) is 65.9 Å². The number of carbonyl (C=O) groups excluding carboxylic acids is 1. The monoisotopic (exact) mass is 367 g/mol. The molecule has 2 aromatic carbocycles. The summed E-state index contributed by atoms with van der Waals surface area (Å²) in [6, 6.07) is 12.4. The van der Waals surface area contributed by atoms with Gasteiger partial charge in [-0.3, -0.25) is 0 Å². The highest BCUT2D eigenvalue weighted by atomic mass is 19.1. The highest BCUT2D eigenvalue weighted by Crippen LogP contribution is 2.33. The Hall–Kier alpha value is -3.08. The molecule has 140 valence electrons. The number of benzene rings is 2. The first-order valence-electron chi connectivity index (χ1n) is 8.74. The van der Waals surface area contributed by atoms with E-state index >= 15 is 0 Å². The van der Waals surface area contributed by atoms with Crippen molar-refractivity contribution in [2.45, 2.75) is 19.3 Å². The minimum absolute atomic E-state index is 0.315. The van der Waals surface area contributed by atoms with Crippen molar-refractivity contribution in [1.82, 2.24) is 0 Å². The zero-order valence-corrected chi connectivity index (χ0v) is 15.5. The standard InChI is InChI=1S/C22H22FNO3/c1-14(18-8-5-9-19(18)22(25)27-3)24-21-11-10-16(13-20(21)23)15-6-4-7-17(12-15)26-2/h4,6-7,10-13,24H,1,5,8-9H2,2-3H3. The summed E-state index contributed by atoms with van der Waals surface area (Å²) in [6.45, 7) is 3.98. The van der Waals surface area contributed by atoms with E-state index in [2.05, 4.69) is 11.9 Å². The number of allylic oxidation sites excluding steroid dienone is 1. The third kappa shape index (κ3) is 4.03. The van der Waals surface area contributed by atoms with Gasteiger partial charge in [-0.2, -0.15) is 0 Å². The molecule has 0 fully saturated rings. The molecule has 0 saturated heterocycles. The van der Waals surface area contributed by atoms with Gasteiger partial charge in [0, 0.05) is 11.3 Å². The third-order valence-electron chi connectivity index (χ3n) is 4.67. The number of methoxy groups -OCH3 is 2. The van der Waals surface area contributed by atoms with Crippen molar-refractivity contribution in [3.8, 4) is 16.9 Å². The Labute approximate surface area is 158 Å². The lowest BCUT2D eigenvalue weighted by molar-refractivity contribution is -0.136. The summed E-state index contributed by atoms with van der Waals surface area (Å²) in [5.41, 5.74) is 3.88. The van der Waals surface area contributed by atoms with Crippen molar-refractivity contribution >= 4 is 11.7 Å². The SMILES string of the molecule is C=C(Nc1ccc(-c2cccc(OC)c2)cc1F)C1=C(C(=O)OC)CCC1. The second-order valence-corrected chi connectivity index (χ2v) is 6.33. The molecule has 0 saturated carbocycles. The lowest BCUT2D eigenvalue weighted by Gasteiger charge is -2.14. The molecule has 2 aromatic rings. The maximum Gasteiger partial charge on any atom is 0.334 e. The Balaban J connectivity index is 1.82. The largest absolute Gasteiger partial charge is 0.497 e. The molecule has 0 radical (unpaired) electrons. The van der Waals surface area contributed by atoms with E-state index in [4.69, 9.17) is 9.47 Å². The molecule has 0 aliphatic heterocycles. The molecule has 1 N–H and O–H groups in total. The van der Waals surface area contributed by atoms with E-state index in [1.807, 2.05) is 30.3 Å². The maximum atomic E-state index is 14.6. The smallest absolute Gasteiger partial charge is 0.334 e. The summed E-state index contributed by atoms with van der Waals surface area (Å²) in [4.78, 5) is 11.9. The first-order valence-corrected chi connectivity index (χ1v) is 8.74. The fourth-order valence-corrected chi connectivity index (χ4v) is 3.26. The second kappa shape index (κ2) is 8.08. The van der Waals surface area contributed by atoms with Crippen molar-refractivity contribution in [3.63, 3.8) is 0 Å². The molecular formula is C22H22FNO3. The lowest BCUT2D eigenvalue weighted by atomic mass is 10.0. The maximum absolute atomic E-state index is 14.6. The van der Waals surface area contributed by atoms with Crippen LogP contribution in [-0.4, -0.2) is 20.2 Å². The zero-order valence-electron chi connectivity index (χ0n) is 15.5. The van der Waals surface area contributed by atoms with E-state index < -0.39 is 5.82 Å². The first kappa shape index (κ1) is 18.7. The predicted molar refractivity (Wildman–Crippen MR) is 104 cm³/mol. The van der Waals surface area contributed by atoms with E-state index in [0.29, 0.717) is 29.1 Å². The molecule has 1 aliphatic rings. The summed E-state index contributed by atoms with van der Waals surface area (Å²) < 4.78 is 24.7. The third-order valence-corrected chi connectivity index (χ3v) is 4.67. The molecule has 0 amide bonds. The Morgan fingerprint density at radius 1 is 1.07 bits per heavy atom. The van der Waals surface area contributed by atoms with Gasteiger partial charge in [-0.25, -0.2) is 9.18 Å². The molecule has 4 nitrogen and oxygen atoms in total. The number of hydrogen-bond donors (Lipinski definition) is 1. The molecule has 5 heteroatoms. The van der Waals surface area contributed by atoms with E-state index in [9.17, 15) is 9.18 Å². The molecule has 0 bridgehead atoms. The molecule has 0 atom stereocenters. The van der Waals surface area contributed by atoms with Gasteiger partial charge in [-0.05, 0) is 60.2 Å². The van der Waals surface area contributed by atoms with Crippen LogP contribution in [0.1, 0.15) is 19.3 Å². The number of anilines is 1. The van der Waals surface area contributed by atoms with Gasteiger partial charge in [0.05, 0.1) is 19.9 Å². The van der Waals surface area contributed by atoms with Crippen molar-refractivity contribution in [2.75, 3.05) is 19.5 Å². The number of halogens is 1. The van der Waals surface area contributed by atoms with Crippen LogP contribution in [0.25, 0.3) is 11.1 Å². The van der Waals surface area contributed by atoms with Gasteiger partial charge in [0.1, 0.15) is 11.6 Å². The van der Waals surface area contributed by atoms with Gasteiger partial charge in [-0.15, -0.1) is 0 Å². The minimum atomic E-state index is -0.394. The minimum Gasteiger partial charge on any atom is -0.497 e. The second-order valence-electron chi connectivity index (χ2n) is 6.33. The quantitative estimate of drug-likeness (QED) is 0.723. The van der Waals surface area contributed by atoms with Crippen LogP contribution in [-0.2, 0) is 9.53 Å². The van der Waals surface area contributed by atoms with Gasteiger partial charge in [0.25, 0.3) is 0 Å². The summed E-state index contributed by atoms with van der Waals surface area (Å²) in [7, 11) is 2.96. The Morgan fingerprint density at radius 2 is 1.81 bits per heavy atom. The van der Waals surface area contributed by atoms with E-state index in [0.717, 1.165) is 29.5 Å². The number of hydrogen-bond acceptors (Lipinski definition) is 4. The number of esters is 1. The average molecular weight is 367 g/mol. The van der Waals surface area contributed by atoms with Crippen LogP contribution >= 0.6 is 0 Å². The van der Waals surface area contributed by atoms with Crippen LogP contribution < -0.4 is 10.1 Å². The number of nitrogens with one attached hydrogen (secondary N) is 1. The first-order chi connectivity index (χ1) is 13.0. The molecule has 1 aliphatic carbocycles. The Bertz CT molecular complexity index is 918. The van der Waals surface area contributed by atoms with Crippen LogP contribution in [0, 0.1) is 5.82 Å². The topological polar surface area (TPSA) is 47.6 Å². The van der Waals surface area contributed by atoms with Crippen LogP contribution in [0.4, 0.5) is 10.1 Å². The molecular weight excluding hydrogens is 345 g/mol. The lowest BCUT2D eigenvalue weighted by Crippen LogP contribution is -2.09. The predicted octanol–water partition coefficient (Wildman–Crippen LogP) is 5.08. The summed E-state index contributed by atoms with van der Waals surface area (Å²) in [6.07, 6.45) is 2.23. The highest BCUT2D eigenvalue weighted by molar-refractivity contribution is 5.91. The van der Waals surface area contributed by atoms with Crippen LogP contribution in [0.3, 0.4) is 0 Å². The van der Waals surface area contributed by atoms with Gasteiger partial charge in [-0.1, -0.05) is 24.8 Å². The van der Waals surface area contributed by atoms with Crippen molar-refractivity contribution in [1.29, 1.82) is 0 Å². The fraction of sp³-hybridized carbons (Fsp3) is 0.227. The fourth-order valence-electron chi connectivity index (χ4n) is 3.26. The molecule has 0 aromatic heterocycles. The van der Waals surface area contributed by atoms with Gasteiger partial charge in [0.2, 0.25) is 0 Å². The van der Waals surface area contributed by atoms with E-state index in [1.54, 1.807) is 13.2 Å². The summed E-state index contributed by atoms with van der Waals surface area (Å²) in [5, 5.41) is 3.00. The molecule has 27 heavy (non-hydrogen) atoms. The van der Waals surface area contributed by atoms with Gasteiger partial charge in [0.15, 0.2) is 0 Å². The average Bonchev–Trinajstić information content (AvgIpc) is 3.19. The Morgan fingerprint density at radius 3 is 2.52 bits per heavy atom. The zero-order chi connectivity index (χ0) is 19.4. The number of ether oxygens (including phenoxy) is 2. The van der Waals surface area contributed by atoms with E-state index in [-0.39, 0.29) is 5.97 Å². The molecule has 3 rings (SSSR count). The van der Waals surface area contributed by atoms with Crippen molar-refractivity contribution < 1.29 is 18.7 Å². The highest BCUT2D eigenvalue weighted by Gasteiger charge is 2.23. The van der Waals surface area contributed by atoms with E-state index in [1.165, 1.54) is 13.2 Å². The van der Waals surface area contributed by atoms with Gasteiger partial charge < -0.3 is 14.8 Å². The Kier molecular flexibility index (Phi) is 5.60. The van der Waals surface area contributed by atoms with Gasteiger partial charge >= 0.3 is 5.97 Å². The van der Waals surface area contributed by atoms with Crippen LogP contribution in [0.2, 0.25) is 0 Å². The normalized spacial score (nSPS) is 13.4. The summed E-state index contributed by atoms with van der Waals surface area (Å²) in [5.74, 6) is -0.0269. The molecule has 0 unspecified atom stereocenters. The summed E-state index contributed by atoms with van der Waals surface area (Å²) >= 11 is 0. The van der Waals surface area contributed by atoms with Crippen molar-refractivity contribution in [2.24, 2.45) is 0 Å². The van der Waals surface area contributed by atoms with Crippen molar-refractivity contribution in [3.05, 3.63) is 71.7 Å².